The Labute approximate surface area is 163 Å². The van der Waals surface area contributed by atoms with Gasteiger partial charge in [-0.3, -0.25) is 0 Å². The summed E-state index contributed by atoms with van der Waals surface area (Å²) in [6.45, 7) is 0. The lowest BCUT2D eigenvalue weighted by atomic mass is 10.1. The molecule has 128 valence electrons. The van der Waals surface area contributed by atoms with E-state index >= 15 is 0 Å². The van der Waals surface area contributed by atoms with Crippen LogP contribution in [0.4, 0.5) is 10.9 Å². The van der Waals surface area contributed by atoms with Gasteiger partial charge in [-0.1, -0.05) is 69.7 Å². The fraction of sp³-hybridized carbons (Fsp3) is 0.0526. The van der Waals surface area contributed by atoms with E-state index in [2.05, 4.69) is 36.1 Å². The fourth-order valence-electron chi connectivity index (χ4n) is 2.46. The second-order valence-corrected chi connectivity index (χ2v) is 7.45. The molecule has 0 fully saturated rings. The molecule has 5 nitrogen and oxygen atoms in total. The molecule has 2 aromatic heterocycles. The molecule has 0 aliphatic rings. The number of halogens is 1. The Balaban J connectivity index is 1.62. The smallest absolute Gasteiger partial charge is 0.213 e. The molecule has 0 N–H and O–H groups in total. The molecule has 26 heavy (non-hydrogen) atoms. The highest BCUT2D eigenvalue weighted by atomic mass is 79.9. The molecule has 0 radical (unpaired) electrons. The second kappa shape index (κ2) is 7.31. The Morgan fingerprint density at radius 1 is 0.885 bits per heavy atom. The van der Waals surface area contributed by atoms with E-state index in [-0.39, 0.29) is 0 Å². The Morgan fingerprint density at radius 3 is 2.42 bits per heavy atom. The molecule has 0 saturated carbocycles. The van der Waals surface area contributed by atoms with E-state index < -0.39 is 0 Å². The summed E-state index contributed by atoms with van der Waals surface area (Å²) >= 11 is 4.97. The van der Waals surface area contributed by atoms with Gasteiger partial charge in [-0.15, -0.1) is 10.2 Å². The van der Waals surface area contributed by atoms with E-state index in [0.717, 1.165) is 37.3 Å². The molecule has 4 aromatic rings. The molecule has 0 atom stereocenters. The van der Waals surface area contributed by atoms with Gasteiger partial charge < -0.3 is 4.90 Å². The molecular formula is C19H14BrN5S. The average molecular weight is 424 g/mol. The van der Waals surface area contributed by atoms with Crippen LogP contribution in [-0.4, -0.2) is 27.2 Å². The molecule has 2 heterocycles. The number of benzene rings is 2. The Hall–Kier alpha value is -2.64. The predicted molar refractivity (Wildman–Crippen MR) is 109 cm³/mol. The molecule has 7 heteroatoms. The normalized spacial score (nSPS) is 10.7. The quantitative estimate of drug-likeness (QED) is 0.451. The van der Waals surface area contributed by atoms with Gasteiger partial charge >= 0.3 is 0 Å². The van der Waals surface area contributed by atoms with Gasteiger partial charge in [0.2, 0.25) is 5.13 Å². The van der Waals surface area contributed by atoms with Gasteiger partial charge in [0.25, 0.3) is 0 Å². The predicted octanol–water partition coefficient (Wildman–Crippen LogP) is 5.19. The fourth-order valence-corrected chi connectivity index (χ4v) is 3.54. The summed E-state index contributed by atoms with van der Waals surface area (Å²) in [5, 5.41) is 10.3. The maximum Gasteiger partial charge on any atom is 0.213 e. The molecule has 0 bridgehead atoms. The van der Waals surface area contributed by atoms with Gasteiger partial charge in [0.1, 0.15) is 17.2 Å². The van der Waals surface area contributed by atoms with Crippen LogP contribution in [0.25, 0.3) is 21.8 Å². The molecule has 0 unspecified atom stereocenters. The van der Waals surface area contributed by atoms with Crippen LogP contribution in [0, 0.1) is 0 Å². The van der Waals surface area contributed by atoms with Crippen molar-refractivity contribution in [1.29, 1.82) is 0 Å². The van der Waals surface area contributed by atoms with E-state index in [1.54, 1.807) is 6.33 Å². The molecular weight excluding hydrogens is 410 g/mol. The molecule has 4 rings (SSSR count). The van der Waals surface area contributed by atoms with Crippen molar-refractivity contribution < 1.29 is 0 Å². The van der Waals surface area contributed by atoms with Gasteiger partial charge in [0, 0.05) is 28.7 Å². The van der Waals surface area contributed by atoms with Crippen molar-refractivity contribution in [1.82, 2.24) is 20.2 Å². The van der Waals surface area contributed by atoms with Crippen LogP contribution in [0.5, 0.6) is 0 Å². The van der Waals surface area contributed by atoms with Crippen molar-refractivity contribution in [2.75, 3.05) is 11.9 Å². The van der Waals surface area contributed by atoms with Gasteiger partial charge in [-0.25, -0.2) is 9.97 Å². The molecule has 0 spiro atoms. The summed E-state index contributed by atoms with van der Waals surface area (Å²) in [5.41, 5.74) is 2.97. The first kappa shape index (κ1) is 16.8. The number of anilines is 2. The first-order valence-corrected chi connectivity index (χ1v) is 9.52. The van der Waals surface area contributed by atoms with Crippen molar-refractivity contribution in [2.45, 2.75) is 0 Å². The van der Waals surface area contributed by atoms with E-state index in [1.807, 2.05) is 72.6 Å². The third-order valence-electron chi connectivity index (χ3n) is 3.86. The Kier molecular flexibility index (Phi) is 4.73. The van der Waals surface area contributed by atoms with Gasteiger partial charge in [0.15, 0.2) is 0 Å². The highest BCUT2D eigenvalue weighted by Crippen LogP contribution is 2.32. The molecule has 0 aliphatic carbocycles. The van der Waals surface area contributed by atoms with E-state index in [9.17, 15) is 0 Å². The van der Waals surface area contributed by atoms with Gasteiger partial charge in [-0.2, -0.15) is 0 Å². The monoisotopic (exact) mass is 423 g/mol. The highest BCUT2D eigenvalue weighted by Gasteiger charge is 2.14. The standard InChI is InChI=1S/C19H14BrN5S/c1-25(17-11-16(21-12-22-17)13-5-3-2-4-6-13)19-24-23-18(26-19)14-7-9-15(20)10-8-14/h2-12H,1H3. The molecule has 0 aliphatic heterocycles. The van der Waals surface area contributed by atoms with Crippen LogP contribution in [0.2, 0.25) is 0 Å². The number of rotatable bonds is 4. The number of hydrogen-bond acceptors (Lipinski definition) is 6. The SMILES string of the molecule is CN(c1cc(-c2ccccc2)ncn1)c1nnc(-c2ccc(Br)cc2)s1. The van der Waals surface area contributed by atoms with E-state index in [4.69, 9.17) is 0 Å². The van der Waals surface area contributed by atoms with Crippen molar-refractivity contribution in [3.8, 4) is 21.8 Å². The lowest BCUT2D eigenvalue weighted by Gasteiger charge is -2.14. The largest absolute Gasteiger partial charge is 0.304 e. The summed E-state index contributed by atoms with van der Waals surface area (Å²) < 4.78 is 1.04. The summed E-state index contributed by atoms with van der Waals surface area (Å²) in [4.78, 5) is 10.7. The highest BCUT2D eigenvalue weighted by molar-refractivity contribution is 9.10. The first-order valence-electron chi connectivity index (χ1n) is 7.91. The minimum atomic E-state index is 0.775. The van der Waals surface area contributed by atoms with Crippen molar-refractivity contribution in [3.63, 3.8) is 0 Å². The minimum Gasteiger partial charge on any atom is -0.304 e. The van der Waals surface area contributed by atoms with E-state index in [1.165, 1.54) is 11.3 Å². The van der Waals surface area contributed by atoms with Gasteiger partial charge in [0.05, 0.1) is 5.69 Å². The molecule has 0 amide bonds. The maximum absolute atomic E-state index is 4.38. The summed E-state index contributed by atoms with van der Waals surface area (Å²) in [5.74, 6) is 0.775. The summed E-state index contributed by atoms with van der Waals surface area (Å²) in [6, 6.07) is 20.0. The topological polar surface area (TPSA) is 54.8 Å². The van der Waals surface area contributed by atoms with E-state index in [0.29, 0.717) is 0 Å². The minimum absolute atomic E-state index is 0.775. The maximum atomic E-state index is 4.38. The van der Waals surface area contributed by atoms with Crippen LogP contribution in [0.15, 0.2) is 71.5 Å². The Bertz CT molecular complexity index is 1020. The van der Waals surface area contributed by atoms with Gasteiger partial charge in [-0.05, 0) is 12.1 Å². The van der Waals surface area contributed by atoms with Crippen molar-refractivity contribution >= 4 is 38.2 Å². The van der Waals surface area contributed by atoms with Crippen LogP contribution >= 0.6 is 27.3 Å². The van der Waals surface area contributed by atoms with Crippen LogP contribution in [0.3, 0.4) is 0 Å². The molecule has 2 aromatic carbocycles. The van der Waals surface area contributed by atoms with Crippen molar-refractivity contribution in [2.24, 2.45) is 0 Å². The van der Waals surface area contributed by atoms with Crippen LogP contribution < -0.4 is 4.90 Å². The lowest BCUT2D eigenvalue weighted by Crippen LogP contribution is -2.11. The van der Waals surface area contributed by atoms with Crippen LogP contribution in [0.1, 0.15) is 0 Å². The number of aromatic nitrogens is 4. The number of hydrogen-bond donors (Lipinski definition) is 0. The zero-order chi connectivity index (χ0) is 17.9. The zero-order valence-corrected chi connectivity index (χ0v) is 16.3. The summed E-state index contributed by atoms with van der Waals surface area (Å²) in [6.07, 6.45) is 1.57. The lowest BCUT2D eigenvalue weighted by molar-refractivity contribution is 1.02. The van der Waals surface area contributed by atoms with Crippen molar-refractivity contribution in [3.05, 3.63) is 71.5 Å². The Morgan fingerprint density at radius 2 is 1.65 bits per heavy atom. The third kappa shape index (κ3) is 3.49. The second-order valence-electron chi connectivity index (χ2n) is 5.58. The number of nitrogens with zero attached hydrogens (tertiary/aromatic N) is 5. The first-order chi connectivity index (χ1) is 12.7. The summed E-state index contributed by atoms with van der Waals surface area (Å²) in [7, 11) is 1.93. The zero-order valence-electron chi connectivity index (χ0n) is 13.9. The third-order valence-corrected chi connectivity index (χ3v) is 5.44. The molecule has 0 saturated heterocycles. The average Bonchev–Trinajstić information content (AvgIpc) is 3.19. The van der Waals surface area contributed by atoms with Crippen LogP contribution in [-0.2, 0) is 0 Å².